The van der Waals surface area contributed by atoms with Crippen molar-refractivity contribution in [2.45, 2.75) is 31.1 Å². The van der Waals surface area contributed by atoms with E-state index in [1.165, 1.54) is 11.3 Å². The van der Waals surface area contributed by atoms with Crippen LogP contribution in [0.5, 0.6) is 0 Å². The van der Waals surface area contributed by atoms with Gasteiger partial charge in [0.15, 0.2) is 0 Å². The number of nitriles is 1. The van der Waals surface area contributed by atoms with E-state index >= 15 is 0 Å². The van der Waals surface area contributed by atoms with Crippen LogP contribution in [0.15, 0.2) is 30.5 Å². The van der Waals surface area contributed by atoms with Gasteiger partial charge in [0.05, 0.1) is 23.4 Å². The first kappa shape index (κ1) is 14.0. The van der Waals surface area contributed by atoms with E-state index in [0.717, 1.165) is 32.2 Å². The van der Waals surface area contributed by atoms with Crippen molar-refractivity contribution in [1.82, 2.24) is 15.1 Å². The van der Waals surface area contributed by atoms with Gasteiger partial charge in [-0.15, -0.1) is 0 Å². The fraction of sp³-hybridized carbons (Fsp3) is 0.389. The van der Waals surface area contributed by atoms with E-state index in [9.17, 15) is 10.1 Å². The fourth-order valence-electron chi connectivity index (χ4n) is 4.11. The van der Waals surface area contributed by atoms with Crippen LogP contribution in [0.1, 0.15) is 46.4 Å². The first-order chi connectivity index (χ1) is 11.2. The first-order valence-electron chi connectivity index (χ1n) is 8.05. The van der Waals surface area contributed by atoms with E-state index in [0.29, 0.717) is 17.7 Å². The predicted octanol–water partition coefficient (Wildman–Crippen LogP) is 2.40. The Balaban J connectivity index is 1.64. The summed E-state index contributed by atoms with van der Waals surface area (Å²) in [5, 5.41) is 16.6. The molecular weight excluding hydrogens is 288 g/mol. The second kappa shape index (κ2) is 5.24. The van der Waals surface area contributed by atoms with Crippen LogP contribution in [0, 0.1) is 11.3 Å². The van der Waals surface area contributed by atoms with Crippen LogP contribution in [0.25, 0.3) is 0 Å². The summed E-state index contributed by atoms with van der Waals surface area (Å²) in [7, 11) is 0. The number of aryl methyl sites for hydroxylation is 1. The summed E-state index contributed by atoms with van der Waals surface area (Å²) in [6.45, 7) is 1.46. The molecule has 5 nitrogen and oxygen atoms in total. The summed E-state index contributed by atoms with van der Waals surface area (Å²) in [4.78, 5) is 14.8. The van der Waals surface area contributed by atoms with Gasteiger partial charge >= 0.3 is 0 Å². The number of amides is 1. The molecule has 2 heterocycles. The maximum atomic E-state index is 12.9. The minimum absolute atomic E-state index is 0.0152. The average molecular weight is 306 g/mol. The number of hydrogen-bond acceptors (Lipinski definition) is 3. The summed E-state index contributed by atoms with van der Waals surface area (Å²) >= 11 is 0. The highest BCUT2D eigenvalue weighted by atomic mass is 16.2. The molecule has 1 aromatic heterocycles. The molecule has 1 aliphatic carbocycles. The lowest BCUT2D eigenvalue weighted by molar-refractivity contribution is 0.0632. The van der Waals surface area contributed by atoms with Crippen molar-refractivity contribution < 1.29 is 4.79 Å². The first-order valence-corrected chi connectivity index (χ1v) is 8.05. The molecule has 23 heavy (non-hydrogen) atoms. The van der Waals surface area contributed by atoms with Crippen LogP contribution in [-0.4, -0.2) is 34.1 Å². The number of nitrogens with one attached hydrogen (secondary N) is 1. The third-order valence-electron chi connectivity index (χ3n) is 5.26. The zero-order valence-corrected chi connectivity index (χ0v) is 12.9. The van der Waals surface area contributed by atoms with Crippen LogP contribution in [-0.2, 0) is 11.8 Å². The monoisotopic (exact) mass is 306 g/mol. The molecule has 1 aliphatic heterocycles. The Hall–Kier alpha value is -2.61. The highest BCUT2D eigenvalue weighted by Gasteiger charge is 2.44. The van der Waals surface area contributed by atoms with Gasteiger partial charge in [0.1, 0.15) is 0 Å². The van der Waals surface area contributed by atoms with Crippen LogP contribution in [0.3, 0.4) is 0 Å². The highest BCUT2D eigenvalue weighted by Crippen LogP contribution is 2.44. The Morgan fingerprint density at radius 3 is 3.09 bits per heavy atom. The third kappa shape index (κ3) is 2.14. The van der Waals surface area contributed by atoms with Crippen molar-refractivity contribution in [3.05, 3.63) is 52.8 Å². The number of H-pyrrole nitrogens is 1. The Kier molecular flexibility index (Phi) is 3.19. The minimum Gasteiger partial charge on any atom is -0.338 e. The van der Waals surface area contributed by atoms with Crippen molar-refractivity contribution in [1.29, 1.82) is 5.26 Å². The molecule has 1 N–H and O–H groups in total. The van der Waals surface area contributed by atoms with E-state index in [-0.39, 0.29) is 11.3 Å². The van der Waals surface area contributed by atoms with E-state index in [4.69, 9.17) is 0 Å². The summed E-state index contributed by atoms with van der Waals surface area (Å²) in [5.74, 6) is -0.0332. The molecule has 1 saturated heterocycles. The van der Waals surface area contributed by atoms with Gasteiger partial charge in [-0.2, -0.15) is 10.4 Å². The zero-order valence-electron chi connectivity index (χ0n) is 12.9. The van der Waals surface area contributed by atoms with Crippen molar-refractivity contribution in [3.63, 3.8) is 0 Å². The average Bonchev–Trinajstić information content (AvgIpc) is 3.19. The lowest BCUT2D eigenvalue weighted by Crippen LogP contribution is -2.48. The maximum absolute atomic E-state index is 12.9. The number of likely N-dealkylation sites (tertiary alicyclic amines) is 1. The summed E-state index contributed by atoms with van der Waals surface area (Å²) in [6, 6.07) is 9.19. The Morgan fingerprint density at radius 1 is 1.35 bits per heavy atom. The lowest BCUT2D eigenvalue weighted by atomic mass is 9.77. The van der Waals surface area contributed by atoms with Crippen molar-refractivity contribution >= 4 is 5.91 Å². The minimum atomic E-state index is -0.0332. The molecule has 2 aliphatic rings. The molecule has 0 radical (unpaired) electrons. The lowest BCUT2D eigenvalue weighted by Gasteiger charge is -2.40. The number of fused-ring (bicyclic) bond motifs is 2. The second-order valence-electron chi connectivity index (χ2n) is 6.54. The standard InChI is InChI=1S/C18H18N4O/c19-10-13-4-1-2-5-15(13)17(23)22-9-3-7-18(12-22)8-6-14-11-20-21-16(14)18/h1-2,4-5,11H,3,6-9,12H2,(H,20,21). The molecule has 4 rings (SSSR count). The Labute approximate surface area is 134 Å². The van der Waals surface area contributed by atoms with E-state index < -0.39 is 0 Å². The van der Waals surface area contributed by atoms with E-state index in [1.807, 2.05) is 17.2 Å². The number of carbonyl (C=O) groups excluding carboxylic acids is 1. The van der Waals surface area contributed by atoms with Crippen molar-refractivity contribution in [2.75, 3.05) is 13.1 Å². The molecule has 1 aromatic carbocycles. The number of aromatic nitrogens is 2. The molecule has 0 saturated carbocycles. The summed E-state index contributed by atoms with van der Waals surface area (Å²) in [6.07, 6.45) is 6.09. The molecule has 2 aromatic rings. The highest BCUT2D eigenvalue weighted by molar-refractivity contribution is 5.96. The molecule has 1 fully saturated rings. The molecule has 116 valence electrons. The van der Waals surface area contributed by atoms with Gasteiger partial charge in [-0.05, 0) is 43.4 Å². The predicted molar refractivity (Wildman–Crippen MR) is 84.9 cm³/mol. The molecule has 5 heteroatoms. The maximum Gasteiger partial charge on any atom is 0.255 e. The Morgan fingerprint density at radius 2 is 2.22 bits per heavy atom. The molecule has 1 atom stereocenters. The smallest absolute Gasteiger partial charge is 0.255 e. The summed E-state index contributed by atoms with van der Waals surface area (Å²) < 4.78 is 0. The van der Waals surface area contributed by atoms with Crippen molar-refractivity contribution in [3.8, 4) is 6.07 Å². The van der Waals surface area contributed by atoms with Gasteiger partial charge in [-0.3, -0.25) is 9.89 Å². The Bertz CT molecular complexity index is 803. The molecular formula is C18H18N4O. The van der Waals surface area contributed by atoms with Crippen LogP contribution in [0.4, 0.5) is 0 Å². The largest absolute Gasteiger partial charge is 0.338 e. The second-order valence-corrected chi connectivity index (χ2v) is 6.54. The van der Waals surface area contributed by atoms with E-state index in [2.05, 4.69) is 16.3 Å². The topological polar surface area (TPSA) is 72.8 Å². The SMILES string of the molecule is N#Cc1ccccc1C(=O)N1CCCC2(CCc3cn[nH]c32)C1. The third-order valence-corrected chi connectivity index (χ3v) is 5.26. The van der Waals surface area contributed by atoms with Crippen molar-refractivity contribution in [2.24, 2.45) is 0 Å². The quantitative estimate of drug-likeness (QED) is 0.879. The van der Waals surface area contributed by atoms with Gasteiger partial charge in [0, 0.05) is 24.2 Å². The number of piperidine rings is 1. The molecule has 1 unspecified atom stereocenters. The van der Waals surface area contributed by atoms with Gasteiger partial charge < -0.3 is 4.90 Å². The number of aromatic amines is 1. The number of hydrogen-bond donors (Lipinski definition) is 1. The molecule has 1 amide bonds. The number of rotatable bonds is 1. The van der Waals surface area contributed by atoms with Gasteiger partial charge in [0.2, 0.25) is 0 Å². The van der Waals surface area contributed by atoms with Gasteiger partial charge in [-0.1, -0.05) is 12.1 Å². The fourth-order valence-corrected chi connectivity index (χ4v) is 4.11. The molecule has 1 spiro atoms. The number of benzene rings is 1. The van der Waals surface area contributed by atoms with E-state index in [1.54, 1.807) is 18.2 Å². The number of carbonyl (C=O) groups is 1. The number of nitrogens with zero attached hydrogens (tertiary/aromatic N) is 3. The van der Waals surface area contributed by atoms with Crippen LogP contribution >= 0.6 is 0 Å². The molecule has 0 bridgehead atoms. The van der Waals surface area contributed by atoms with Gasteiger partial charge in [0.25, 0.3) is 5.91 Å². The summed E-state index contributed by atoms with van der Waals surface area (Å²) in [5.41, 5.74) is 3.47. The van der Waals surface area contributed by atoms with Crippen LogP contribution < -0.4 is 0 Å². The zero-order chi connectivity index (χ0) is 15.9. The van der Waals surface area contributed by atoms with Gasteiger partial charge in [-0.25, -0.2) is 0 Å². The normalized spacial score (nSPS) is 22.8. The van der Waals surface area contributed by atoms with Crippen LogP contribution in [0.2, 0.25) is 0 Å².